The van der Waals surface area contributed by atoms with Crippen molar-refractivity contribution >= 4 is 17.6 Å². The molecule has 0 atom stereocenters. The Hall–Kier alpha value is -1.54. The molecule has 0 aliphatic heterocycles. The molecule has 0 saturated carbocycles. The lowest BCUT2D eigenvalue weighted by atomic mass is 10.0. The number of allylic oxidation sites excluding steroid dienone is 10. The van der Waals surface area contributed by atoms with E-state index in [9.17, 15) is 4.79 Å². The van der Waals surface area contributed by atoms with Crippen molar-refractivity contribution in [2.45, 2.75) is 106 Å². The fourth-order valence-electron chi connectivity index (χ4n) is 3.18. The summed E-state index contributed by atoms with van der Waals surface area (Å²) in [5.74, 6) is -0.229. The van der Waals surface area contributed by atoms with Crippen LogP contribution in [0.2, 0.25) is 0 Å². The second-order valence-corrected chi connectivity index (χ2v) is 9.02. The van der Waals surface area contributed by atoms with Crippen molar-refractivity contribution in [1.29, 1.82) is 0 Å². The molecular weight excluding hydrogens is 404 g/mol. The second kappa shape index (κ2) is 19.2. The van der Waals surface area contributed by atoms with Crippen molar-refractivity contribution in [3.63, 3.8) is 0 Å². The standard InChI is InChI=1S/C28H45ClO2/c1-23(2)12-9-15-26(5)18-10-16-24(3)13-7-8-14-25(4)17-11-19-27(6)20-21-28(30)31-22-29/h12-14,18-19H,7-11,15-17,20-22H2,1-6H3/b24-13?,25-14+,26-18+,27-19?. The monoisotopic (exact) mass is 448 g/mol. The highest BCUT2D eigenvalue weighted by atomic mass is 35.5. The van der Waals surface area contributed by atoms with E-state index in [0.717, 1.165) is 51.4 Å². The van der Waals surface area contributed by atoms with E-state index in [1.807, 2.05) is 0 Å². The fraction of sp³-hybridized carbons (Fsp3) is 0.607. The number of hydrogen-bond acceptors (Lipinski definition) is 2. The smallest absolute Gasteiger partial charge is 0.307 e. The number of rotatable bonds is 16. The first-order valence-corrected chi connectivity index (χ1v) is 12.3. The summed E-state index contributed by atoms with van der Waals surface area (Å²) in [6.45, 7) is 13.1. The Morgan fingerprint density at radius 3 is 1.39 bits per heavy atom. The van der Waals surface area contributed by atoms with Gasteiger partial charge in [0.2, 0.25) is 0 Å². The molecule has 176 valence electrons. The molecule has 0 aromatic heterocycles. The van der Waals surface area contributed by atoms with Gasteiger partial charge < -0.3 is 4.74 Å². The molecule has 0 aromatic carbocycles. The maximum atomic E-state index is 11.3. The Balaban J connectivity index is 4.05. The minimum atomic E-state index is -0.229. The van der Waals surface area contributed by atoms with Crippen LogP contribution in [0.5, 0.6) is 0 Å². The van der Waals surface area contributed by atoms with Gasteiger partial charge in [-0.3, -0.25) is 4.79 Å². The molecule has 0 aromatic rings. The van der Waals surface area contributed by atoms with Gasteiger partial charge in [0.05, 0.1) is 0 Å². The van der Waals surface area contributed by atoms with Crippen LogP contribution in [0.3, 0.4) is 0 Å². The maximum Gasteiger partial charge on any atom is 0.307 e. The first-order chi connectivity index (χ1) is 14.7. The zero-order valence-corrected chi connectivity index (χ0v) is 21.6. The van der Waals surface area contributed by atoms with Crippen LogP contribution in [-0.4, -0.2) is 12.0 Å². The molecule has 0 bridgehead atoms. The lowest BCUT2D eigenvalue weighted by Crippen LogP contribution is -2.02. The molecule has 0 amide bonds. The molecule has 3 heteroatoms. The number of unbranched alkanes of at least 4 members (excludes halogenated alkanes) is 1. The number of ether oxygens (including phenoxy) is 1. The van der Waals surface area contributed by atoms with Crippen molar-refractivity contribution in [3.8, 4) is 0 Å². The number of alkyl halides is 1. The molecule has 0 fully saturated rings. The molecule has 31 heavy (non-hydrogen) atoms. The topological polar surface area (TPSA) is 26.3 Å². The highest BCUT2D eigenvalue weighted by Gasteiger charge is 2.02. The Morgan fingerprint density at radius 2 is 0.968 bits per heavy atom. The lowest BCUT2D eigenvalue weighted by Gasteiger charge is -2.03. The Kier molecular flexibility index (Phi) is 18.2. The van der Waals surface area contributed by atoms with Gasteiger partial charge >= 0.3 is 5.97 Å². The maximum absolute atomic E-state index is 11.3. The molecule has 0 rings (SSSR count). The van der Waals surface area contributed by atoms with Crippen LogP contribution in [-0.2, 0) is 9.53 Å². The molecule has 2 nitrogen and oxygen atoms in total. The summed E-state index contributed by atoms with van der Waals surface area (Å²) in [6.07, 6.45) is 21.8. The summed E-state index contributed by atoms with van der Waals surface area (Å²) >= 11 is 5.38. The Labute approximate surface area is 197 Å². The normalized spacial score (nSPS) is 13.4. The fourth-order valence-corrected chi connectivity index (χ4v) is 3.30. The van der Waals surface area contributed by atoms with Crippen LogP contribution in [0, 0.1) is 0 Å². The molecule has 0 spiro atoms. The number of hydrogen-bond donors (Lipinski definition) is 0. The van der Waals surface area contributed by atoms with Gasteiger partial charge in [-0.15, -0.1) is 0 Å². The van der Waals surface area contributed by atoms with Crippen molar-refractivity contribution in [2.24, 2.45) is 0 Å². The first-order valence-electron chi connectivity index (χ1n) is 11.7. The molecule has 0 aliphatic carbocycles. The van der Waals surface area contributed by atoms with E-state index < -0.39 is 0 Å². The number of carbonyl (C=O) groups is 1. The highest BCUT2D eigenvalue weighted by Crippen LogP contribution is 2.14. The molecule has 0 radical (unpaired) electrons. The highest BCUT2D eigenvalue weighted by molar-refractivity contribution is 6.17. The summed E-state index contributed by atoms with van der Waals surface area (Å²) in [6, 6.07) is -0.0616. The van der Waals surface area contributed by atoms with Gasteiger partial charge in [0.15, 0.2) is 6.07 Å². The Morgan fingerprint density at radius 1 is 0.581 bits per heavy atom. The molecule has 0 unspecified atom stereocenters. The Bertz CT molecular complexity index is 658. The van der Waals surface area contributed by atoms with Gasteiger partial charge in [-0.1, -0.05) is 69.8 Å². The minimum absolute atomic E-state index is 0.0616. The third kappa shape index (κ3) is 20.1. The van der Waals surface area contributed by atoms with Crippen molar-refractivity contribution in [1.82, 2.24) is 0 Å². The van der Waals surface area contributed by atoms with E-state index in [0.29, 0.717) is 6.42 Å². The molecule has 0 N–H and O–H groups in total. The van der Waals surface area contributed by atoms with Crippen LogP contribution in [0.4, 0.5) is 0 Å². The van der Waals surface area contributed by atoms with Crippen molar-refractivity contribution < 1.29 is 9.53 Å². The van der Waals surface area contributed by atoms with E-state index in [4.69, 9.17) is 16.3 Å². The number of halogens is 1. The van der Waals surface area contributed by atoms with E-state index in [1.54, 1.807) is 0 Å². The summed E-state index contributed by atoms with van der Waals surface area (Å²) in [5.41, 5.74) is 7.07. The van der Waals surface area contributed by atoms with Gasteiger partial charge in [0, 0.05) is 6.42 Å². The molecule has 0 heterocycles. The van der Waals surface area contributed by atoms with Crippen molar-refractivity contribution in [3.05, 3.63) is 58.2 Å². The van der Waals surface area contributed by atoms with Crippen LogP contribution in [0.15, 0.2) is 58.2 Å². The van der Waals surface area contributed by atoms with Crippen LogP contribution in [0.1, 0.15) is 106 Å². The van der Waals surface area contributed by atoms with Gasteiger partial charge in [-0.05, 0) is 99.3 Å². The van der Waals surface area contributed by atoms with Crippen LogP contribution >= 0.6 is 11.6 Å². The average Bonchev–Trinajstić information content (AvgIpc) is 2.69. The number of esters is 1. The van der Waals surface area contributed by atoms with Crippen LogP contribution < -0.4 is 0 Å². The zero-order valence-electron chi connectivity index (χ0n) is 20.9. The predicted molar refractivity (Wildman–Crippen MR) is 137 cm³/mol. The van der Waals surface area contributed by atoms with Crippen molar-refractivity contribution in [2.75, 3.05) is 6.07 Å². The summed E-state index contributed by atoms with van der Waals surface area (Å²) in [5, 5.41) is 0. The lowest BCUT2D eigenvalue weighted by molar-refractivity contribution is -0.141. The van der Waals surface area contributed by atoms with Gasteiger partial charge in [-0.2, -0.15) is 0 Å². The van der Waals surface area contributed by atoms with Crippen LogP contribution in [0.25, 0.3) is 0 Å². The first kappa shape index (κ1) is 29.5. The second-order valence-electron chi connectivity index (χ2n) is 8.80. The van der Waals surface area contributed by atoms with E-state index in [-0.39, 0.29) is 12.0 Å². The van der Waals surface area contributed by atoms with Gasteiger partial charge in [0.1, 0.15) is 0 Å². The summed E-state index contributed by atoms with van der Waals surface area (Å²) in [4.78, 5) is 11.3. The number of carbonyl (C=O) groups excluding carboxylic acids is 1. The van der Waals surface area contributed by atoms with Gasteiger partial charge in [-0.25, -0.2) is 0 Å². The molecular formula is C28H45ClO2. The van der Waals surface area contributed by atoms with E-state index in [2.05, 4.69) is 71.9 Å². The minimum Gasteiger partial charge on any atom is -0.449 e. The summed E-state index contributed by atoms with van der Waals surface area (Å²) < 4.78 is 4.74. The average molecular weight is 449 g/mol. The van der Waals surface area contributed by atoms with Gasteiger partial charge in [0.25, 0.3) is 0 Å². The zero-order chi connectivity index (χ0) is 23.5. The largest absolute Gasteiger partial charge is 0.449 e. The predicted octanol–water partition coefficient (Wildman–Crippen LogP) is 9.38. The third-order valence-electron chi connectivity index (χ3n) is 5.25. The summed E-state index contributed by atoms with van der Waals surface area (Å²) in [7, 11) is 0. The molecule has 0 saturated heterocycles. The molecule has 0 aliphatic rings. The SMILES string of the molecule is CC(C)=CCC/C(C)=C/CCC(C)=CCC/C=C(\C)CCC=C(C)CCC(=O)OCCl. The van der Waals surface area contributed by atoms with E-state index >= 15 is 0 Å². The third-order valence-corrected chi connectivity index (χ3v) is 5.35. The van der Waals surface area contributed by atoms with E-state index in [1.165, 1.54) is 34.3 Å². The quantitative estimate of drug-likeness (QED) is 0.102.